The normalized spacial score (nSPS) is 14.2. The molecule has 2 nitrogen and oxygen atoms in total. The van der Waals surface area contributed by atoms with Gasteiger partial charge < -0.3 is 10.6 Å². The monoisotopic (exact) mass is 350 g/mol. The lowest BCUT2D eigenvalue weighted by Gasteiger charge is -2.25. The largest absolute Gasteiger partial charge is 0.416 e. The summed E-state index contributed by atoms with van der Waals surface area (Å²) >= 11 is 0. The lowest BCUT2D eigenvalue weighted by Crippen LogP contribution is -2.21. The predicted octanol–water partition coefficient (Wildman–Crippen LogP) is 5.89. The molecule has 0 amide bonds. The molecule has 0 saturated carbocycles. The molecule has 2 aromatic rings. The number of benzene rings is 2. The van der Waals surface area contributed by atoms with Gasteiger partial charge in [-0.1, -0.05) is 43.7 Å². The van der Waals surface area contributed by atoms with Gasteiger partial charge in [-0.15, -0.1) is 0 Å². The molecule has 0 aliphatic carbocycles. The molecular formula is C20H25F3N2. The molecule has 136 valence electrons. The first kappa shape index (κ1) is 19.2. The van der Waals surface area contributed by atoms with Gasteiger partial charge in [0.15, 0.2) is 0 Å². The SMILES string of the molecule is CC.Cc1ccc(-c2cc(C(F)(F)F)cc(N)c2N2CCCC2)cc1. The van der Waals surface area contributed by atoms with Gasteiger partial charge in [0.1, 0.15) is 0 Å². The highest BCUT2D eigenvalue weighted by Gasteiger charge is 2.33. The van der Waals surface area contributed by atoms with Gasteiger partial charge in [0.25, 0.3) is 0 Å². The molecule has 1 aliphatic heterocycles. The second-order valence-electron chi connectivity index (χ2n) is 6.02. The number of halogens is 3. The molecule has 1 heterocycles. The van der Waals surface area contributed by atoms with Crippen LogP contribution in [0.4, 0.5) is 24.5 Å². The molecule has 0 spiro atoms. The summed E-state index contributed by atoms with van der Waals surface area (Å²) < 4.78 is 39.5. The minimum Gasteiger partial charge on any atom is -0.397 e. The van der Waals surface area contributed by atoms with E-state index >= 15 is 0 Å². The summed E-state index contributed by atoms with van der Waals surface area (Å²) in [7, 11) is 0. The van der Waals surface area contributed by atoms with Crippen molar-refractivity contribution in [2.24, 2.45) is 0 Å². The summed E-state index contributed by atoms with van der Waals surface area (Å²) in [6.07, 6.45) is -2.33. The Hall–Kier alpha value is -2.17. The number of anilines is 2. The van der Waals surface area contributed by atoms with Crippen molar-refractivity contribution >= 4 is 11.4 Å². The van der Waals surface area contributed by atoms with Crippen molar-refractivity contribution in [2.75, 3.05) is 23.7 Å². The zero-order valence-electron chi connectivity index (χ0n) is 15.0. The highest BCUT2D eigenvalue weighted by atomic mass is 19.4. The molecule has 1 saturated heterocycles. The number of aryl methyl sites for hydroxylation is 1. The second-order valence-corrected chi connectivity index (χ2v) is 6.02. The van der Waals surface area contributed by atoms with E-state index in [0.717, 1.165) is 48.8 Å². The van der Waals surface area contributed by atoms with Gasteiger partial charge in [-0.25, -0.2) is 0 Å². The molecule has 0 atom stereocenters. The van der Waals surface area contributed by atoms with Crippen LogP contribution < -0.4 is 10.6 Å². The third kappa shape index (κ3) is 4.27. The zero-order chi connectivity index (χ0) is 18.6. The van der Waals surface area contributed by atoms with Crippen LogP contribution in [-0.4, -0.2) is 13.1 Å². The first-order chi connectivity index (χ1) is 11.9. The summed E-state index contributed by atoms with van der Waals surface area (Å²) in [4.78, 5) is 2.09. The molecule has 0 bridgehead atoms. The molecular weight excluding hydrogens is 325 g/mol. The van der Waals surface area contributed by atoms with Gasteiger partial charge in [0.05, 0.1) is 16.9 Å². The van der Waals surface area contributed by atoms with Crippen LogP contribution in [0.3, 0.4) is 0 Å². The lowest BCUT2D eigenvalue weighted by molar-refractivity contribution is -0.137. The van der Waals surface area contributed by atoms with E-state index in [9.17, 15) is 13.2 Å². The molecule has 0 radical (unpaired) electrons. The molecule has 1 aliphatic rings. The molecule has 1 fully saturated rings. The van der Waals surface area contributed by atoms with Gasteiger partial charge in [0.2, 0.25) is 0 Å². The maximum atomic E-state index is 13.2. The van der Waals surface area contributed by atoms with Crippen molar-refractivity contribution in [3.8, 4) is 11.1 Å². The van der Waals surface area contributed by atoms with E-state index in [1.807, 2.05) is 45.0 Å². The van der Waals surface area contributed by atoms with Crippen LogP contribution >= 0.6 is 0 Å². The number of rotatable bonds is 2. The van der Waals surface area contributed by atoms with Crippen LogP contribution in [0.5, 0.6) is 0 Å². The van der Waals surface area contributed by atoms with Crippen LogP contribution in [-0.2, 0) is 6.18 Å². The van der Waals surface area contributed by atoms with Gasteiger partial charge in [-0.05, 0) is 37.5 Å². The number of nitrogen functional groups attached to an aromatic ring is 1. The summed E-state index contributed by atoms with van der Waals surface area (Å²) in [6.45, 7) is 7.61. The van der Waals surface area contributed by atoms with Crippen molar-refractivity contribution in [2.45, 2.75) is 39.8 Å². The van der Waals surface area contributed by atoms with Crippen LogP contribution in [0.2, 0.25) is 0 Å². The van der Waals surface area contributed by atoms with Crippen molar-refractivity contribution in [1.29, 1.82) is 0 Å². The van der Waals surface area contributed by atoms with Gasteiger partial charge in [0, 0.05) is 18.7 Å². The standard InChI is InChI=1S/C18H19F3N2.C2H6/c1-12-4-6-13(7-5-12)15-10-14(18(19,20)21)11-16(22)17(15)23-8-2-3-9-23;1-2/h4-7,10-11H,2-3,8-9,22H2,1H3;1-2H3. The number of nitrogens with two attached hydrogens (primary N) is 1. The van der Waals surface area contributed by atoms with E-state index in [2.05, 4.69) is 4.90 Å². The van der Waals surface area contributed by atoms with Crippen LogP contribution in [0.1, 0.15) is 37.8 Å². The quantitative estimate of drug-likeness (QED) is 0.684. The smallest absolute Gasteiger partial charge is 0.397 e. The van der Waals surface area contributed by atoms with Crippen molar-refractivity contribution in [3.63, 3.8) is 0 Å². The Kier molecular flexibility index (Phi) is 5.98. The Balaban J connectivity index is 0.00000109. The molecule has 2 N–H and O–H groups in total. The predicted molar refractivity (Wildman–Crippen MR) is 98.8 cm³/mol. The average Bonchev–Trinajstić information content (AvgIpc) is 3.10. The Morgan fingerprint density at radius 1 is 0.960 bits per heavy atom. The molecule has 5 heteroatoms. The van der Waals surface area contributed by atoms with E-state index < -0.39 is 11.7 Å². The van der Waals surface area contributed by atoms with E-state index in [-0.39, 0.29) is 5.69 Å². The first-order valence-electron chi connectivity index (χ1n) is 8.69. The van der Waals surface area contributed by atoms with Crippen molar-refractivity contribution in [3.05, 3.63) is 47.5 Å². The molecule has 3 rings (SSSR count). The topological polar surface area (TPSA) is 29.3 Å². The van der Waals surface area contributed by atoms with Gasteiger partial charge in [-0.3, -0.25) is 0 Å². The highest BCUT2D eigenvalue weighted by Crippen LogP contribution is 2.42. The lowest BCUT2D eigenvalue weighted by atomic mass is 9.97. The summed E-state index contributed by atoms with van der Waals surface area (Å²) in [5.41, 5.74) is 8.62. The number of hydrogen-bond donors (Lipinski definition) is 1. The summed E-state index contributed by atoms with van der Waals surface area (Å²) in [5.74, 6) is 0. The van der Waals surface area contributed by atoms with Crippen molar-refractivity contribution < 1.29 is 13.2 Å². The van der Waals surface area contributed by atoms with E-state index in [1.165, 1.54) is 6.07 Å². The molecule has 0 aromatic heterocycles. The van der Waals surface area contributed by atoms with Crippen LogP contribution in [0, 0.1) is 6.92 Å². The fourth-order valence-electron chi connectivity index (χ4n) is 3.07. The number of hydrogen-bond acceptors (Lipinski definition) is 2. The Morgan fingerprint density at radius 3 is 2.04 bits per heavy atom. The third-order valence-electron chi connectivity index (χ3n) is 4.25. The van der Waals surface area contributed by atoms with Crippen LogP contribution in [0.15, 0.2) is 36.4 Å². The minimum atomic E-state index is -4.41. The zero-order valence-corrected chi connectivity index (χ0v) is 15.0. The average molecular weight is 350 g/mol. The Bertz CT molecular complexity index is 700. The van der Waals surface area contributed by atoms with Crippen LogP contribution in [0.25, 0.3) is 11.1 Å². The van der Waals surface area contributed by atoms with Gasteiger partial charge in [-0.2, -0.15) is 13.2 Å². The van der Waals surface area contributed by atoms with Gasteiger partial charge >= 0.3 is 6.18 Å². The molecule has 0 unspecified atom stereocenters. The Morgan fingerprint density at radius 2 is 1.52 bits per heavy atom. The summed E-state index contributed by atoms with van der Waals surface area (Å²) in [5, 5.41) is 0. The van der Waals surface area contributed by atoms with E-state index in [1.54, 1.807) is 0 Å². The fraction of sp³-hybridized carbons (Fsp3) is 0.400. The molecule has 2 aromatic carbocycles. The second kappa shape index (κ2) is 7.81. The Labute approximate surface area is 147 Å². The van der Waals surface area contributed by atoms with E-state index in [4.69, 9.17) is 5.73 Å². The van der Waals surface area contributed by atoms with Crippen molar-refractivity contribution in [1.82, 2.24) is 0 Å². The maximum Gasteiger partial charge on any atom is 0.416 e. The number of nitrogens with zero attached hydrogens (tertiary/aromatic N) is 1. The summed E-state index contributed by atoms with van der Waals surface area (Å²) in [6, 6.07) is 9.77. The molecule has 25 heavy (non-hydrogen) atoms. The minimum absolute atomic E-state index is 0.192. The van der Waals surface area contributed by atoms with E-state index in [0.29, 0.717) is 5.56 Å². The highest BCUT2D eigenvalue weighted by molar-refractivity contribution is 5.88. The third-order valence-corrected chi connectivity index (χ3v) is 4.25. The first-order valence-corrected chi connectivity index (χ1v) is 8.69. The fourth-order valence-corrected chi connectivity index (χ4v) is 3.07. The maximum absolute atomic E-state index is 13.2. The number of alkyl halides is 3.